The third kappa shape index (κ3) is 8.71. The molecule has 2 bridgehead atoms. The zero-order chi connectivity index (χ0) is 39.5. The van der Waals surface area contributed by atoms with Crippen LogP contribution in [0.1, 0.15) is 83.9 Å². The summed E-state index contributed by atoms with van der Waals surface area (Å²) in [6.45, 7) is 2.14. The van der Waals surface area contributed by atoms with Crippen molar-refractivity contribution in [1.29, 1.82) is 0 Å². The maximum Gasteiger partial charge on any atom is 0.335 e. The highest BCUT2D eigenvalue weighted by molar-refractivity contribution is 7.73. The summed E-state index contributed by atoms with van der Waals surface area (Å²) < 4.78 is 59.8. The summed E-state index contributed by atoms with van der Waals surface area (Å²) in [6.07, 6.45) is 5.37. The number of carbonyl (C=O) groups excluding carboxylic acids is 2. The summed E-state index contributed by atoms with van der Waals surface area (Å²) in [5.74, 6) is -3.64. The summed E-state index contributed by atoms with van der Waals surface area (Å²) >= 11 is 1.35. The van der Waals surface area contributed by atoms with Gasteiger partial charge in [0.05, 0.1) is 17.7 Å². The average molecular weight is 807 g/mol. The van der Waals surface area contributed by atoms with Gasteiger partial charge >= 0.3 is 5.97 Å². The predicted molar refractivity (Wildman–Crippen MR) is 210 cm³/mol. The number of ether oxygens (including phenoxy) is 1. The zero-order valence-electron chi connectivity index (χ0n) is 30.9. The van der Waals surface area contributed by atoms with Gasteiger partial charge in [0.2, 0.25) is 0 Å². The first-order valence-electron chi connectivity index (χ1n) is 18.8. The average Bonchev–Trinajstić information content (AvgIpc) is 3.66. The van der Waals surface area contributed by atoms with Crippen LogP contribution in [-0.4, -0.2) is 85.4 Å². The largest absolute Gasteiger partial charge is 0.478 e. The predicted octanol–water partition coefficient (Wildman–Crippen LogP) is 6.13. The second-order valence-electron chi connectivity index (χ2n) is 14.7. The van der Waals surface area contributed by atoms with Crippen LogP contribution in [0.15, 0.2) is 60.7 Å². The molecule has 3 N–H and O–H groups in total. The fourth-order valence-electron chi connectivity index (χ4n) is 8.37. The minimum absolute atomic E-state index is 0.0345. The van der Waals surface area contributed by atoms with Crippen LogP contribution in [0.3, 0.4) is 0 Å². The van der Waals surface area contributed by atoms with Crippen LogP contribution in [0.4, 0.5) is 19.5 Å². The van der Waals surface area contributed by atoms with E-state index in [9.17, 15) is 22.8 Å². The lowest BCUT2D eigenvalue weighted by Crippen LogP contribution is -2.58. The molecule has 0 spiro atoms. The number of fused-ring (bicyclic) bond motifs is 3. The fourth-order valence-corrected chi connectivity index (χ4v) is 10.5. The number of carbonyl (C=O) groups is 3. The Morgan fingerprint density at radius 3 is 2.25 bits per heavy atom. The first-order chi connectivity index (χ1) is 27.0. The number of hydrogen-bond donors (Lipinski definition) is 4. The number of nitrogens with one attached hydrogen (secondary N) is 2. The number of hydrogen-bond acceptors (Lipinski definition) is 9. The molecule has 2 amide bonds. The molecule has 0 radical (unpaired) electrons. The van der Waals surface area contributed by atoms with E-state index in [2.05, 4.69) is 20.4 Å². The Labute approximate surface area is 329 Å². The smallest absolute Gasteiger partial charge is 0.335 e. The summed E-state index contributed by atoms with van der Waals surface area (Å²) in [6, 6.07) is 15.8. The molecule has 1 aliphatic carbocycles. The molecule has 2 aliphatic heterocycles. The van der Waals surface area contributed by atoms with E-state index in [1.54, 1.807) is 18.2 Å². The third-order valence-electron chi connectivity index (χ3n) is 11.0. The van der Waals surface area contributed by atoms with E-state index >= 15 is 8.78 Å². The summed E-state index contributed by atoms with van der Waals surface area (Å²) in [5, 5.41) is 14.5. The standard InChI is InChI=1S/C41H44F2N4O7S2/c1-54-23-36(56(52)53)47-29-14-15-30(47)22-46(21-29)20-25-5-4-6-27(17-25)38(48)45-40-37(32-7-2-3-8-35(32)55-40)39(49)44-28-18-33(42)31(34(43)19-28)16-11-24-9-12-26(13-10-24)41(50)51/h4-6,9-10,12-13,17-19,29-30,36,56H,2-3,7-8,11,14-16,20-23H2,1H3,(H,44,49)(H,45,48)(H,50,51). The van der Waals surface area contributed by atoms with E-state index in [1.807, 2.05) is 18.2 Å². The van der Waals surface area contributed by atoms with Crippen molar-refractivity contribution >= 4 is 50.5 Å². The van der Waals surface area contributed by atoms with Gasteiger partial charge in [0.1, 0.15) is 22.0 Å². The highest BCUT2D eigenvalue weighted by Gasteiger charge is 2.44. The number of thiophene rings is 1. The molecule has 1 aromatic heterocycles. The summed E-state index contributed by atoms with van der Waals surface area (Å²) in [5.41, 5.74) is 3.13. The van der Waals surface area contributed by atoms with Gasteiger partial charge in [0, 0.05) is 60.5 Å². The van der Waals surface area contributed by atoms with Gasteiger partial charge in [-0.2, -0.15) is 0 Å². The van der Waals surface area contributed by atoms with E-state index in [4.69, 9.17) is 9.84 Å². The van der Waals surface area contributed by atoms with Crippen molar-refractivity contribution in [2.24, 2.45) is 0 Å². The molecule has 4 aromatic rings. The minimum Gasteiger partial charge on any atom is -0.478 e. The number of methoxy groups -OCH3 is 1. The SMILES string of the molecule is COCC(N1C2CCC1CN(Cc1cccc(C(=O)Nc3sc4c(c3C(=O)Nc3cc(F)c(CCc5ccc(C(=O)O)cc5)c(F)c3)CCCC4)c1)C2)[SH](=O)=O. The quantitative estimate of drug-likeness (QED) is 0.111. The van der Waals surface area contributed by atoms with E-state index in [1.165, 1.54) is 30.6 Å². The van der Waals surface area contributed by atoms with Crippen molar-refractivity contribution in [2.75, 3.05) is 37.4 Å². The Balaban J connectivity index is 1.03. The van der Waals surface area contributed by atoms with Gasteiger partial charge < -0.3 is 20.5 Å². The summed E-state index contributed by atoms with van der Waals surface area (Å²) in [4.78, 5) is 44.1. The van der Waals surface area contributed by atoms with Crippen molar-refractivity contribution in [2.45, 2.75) is 75.4 Å². The van der Waals surface area contributed by atoms with Gasteiger partial charge in [0.25, 0.3) is 11.8 Å². The number of likely N-dealkylation sites (tertiary alicyclic amines) is 1. The number of nitrogens with zero attached hydrogens (tertiary/aromatic N) is 2. The van der Waals surface area contributed by atoms with Gasteiger partial charge in [-0.15, -0.1) is 11.3 Å². The molecule has 7 rings (SSSR count). The molecular weight excluding hydrogens is 763 g/mol. The number of amides is 2. The number of aryl methyl sites for hydroxylation is 2. The van der Waals surface area contributed by atoms with Crippen LogP contribution in [0.5, 0.6) is 0 Å². The molecule has 296 valence electrons. The van der Waals surface area contributed by atoms with E-state index in [-0.39, 0.29) is 54.3 Å². The van der Waals surface area contributed by atoms with E-state index < -0.39 is 39.6 Å². The third-order valence-corrected chi connectivity index (χ3v) is 13.1. The van der Waals surface area contributed by atoms with Crippen LogP contribution >= 0.6 is 11.3 Å². The Hall–Kier alpha value is -4.54. The molecule has 56 heavy (non-hydrogen) atoms. The van der Waals surface area contributed by atoms with Crippen molar-refractivity contribution in [3.05, 3.63) is 116 Å². The lowest BCUT2D eigenvalue weighted by atomic mass is 9.95. The number of halogens is 2. The Morgan fingerprint density at radius 2 is 1.59 bits per heavy atom. The lowest BCUT2D eigenvalue weighted by Gasteiger charge is -2.43. The van der Waals surface area contributed by atoms with Crippen LogP contribution in [0, 0.1) is 11.6 Å². The van der Waals surface area contributed by atoms with Gasteiger partial charge in [-0.25, -0.2) is 22.0 Å². The monoisotopic (exact) mass is 806 g/mol. The normalized spacial score (nSPS) is 18.8. The Kier molecular flexibility index (Phi) is 12.3. The first kappa shape index (κ1) is 39.7. The number of carboxylic acids is 1. The first-order valence-corrected chi connectivity index (χ1v) is 20.8. The maximum absolute atomic E-state index is 15.3. The molecule has 15 heteroatoms. The highest BCUT2D eigenvalue weighted by atomic mass is 32.2. The summed E-state index contributed by atoms with van der Waals surface area (Å²) in [7, 11) is -1.15. The Bertz CT molecular complexity index is 2160. The topological polar surface area (TPSA) is 145 Å². The number of thiol groups is 1. The number of rotatable bonds is 14. The van der Waals surface area contributed by atoms with E-state index in [0.717, 1.165) is 65.8 Å². The highest BCUT2D eigenvalue weighted by Crippen LogP contribution is 2.39. The van der Waals surface area contributed by atoms with Crippen molar-refractivity contribution in [3.63, 3.8) is 0 Å². The van der Waals surface area contributed by atoms with Crippen LogP contribution < -0.4 is 10.6 Å². The number of aromatic carboxylic acids is 1. The number of carboxylic acid groups (broad SMARTS) is 1. The molecular formula is C41H44F2N4O7S2. The Morgan fingerprint density at radius 1 is 0.893 bits per heavy atom. The molecule has 3 unspecified atom stereocenters. The minimum atomic E-state index is -2.66. The second kappa shape index (κ2) is 17.3. The van der Waals surface area contributed by atoms with Gasteiger partial charge in [0.15, 0.2) is 10.7 Å². The molecule has 0 saturated carbocycles. The maximum atomic E-state index is 15.3. The molecule has 3 aromatic carbocycles. The molecule has 11 nitrogen and oxygen atoms in total. The number of anilines is 2. The fraction of sp³-hybridized carbons (Fsp3) is 0.390. The molecule has 2 fully saturated rings. The zero-order valence-corrected chi connectivity index (χ0v) is 32.6. The molecule has 3 atom stereocenters. The number of benzene rings is 3. The number of piperazine rings is 1. The van der Waals surface area contributed by atoms with Gasteiger partial charge in [-0.1, -0.05) is 24.3 Å². The van der Waals surface area contributed by atoms with Crippen LogP contribution in [0.2, 0.25) is 0 Å². The second-order valence-corrected chi connectivity index (χ2v) is 17.0. The lowest BCUT2D eigenvalue weighted by molar-refractivity contribution is 0.0278. The molecule has 2 saturated heterocycles. The van der Waals surface area contributed by atoms with Crippen molar-refractivity contribution in [1.82, 2.24) is 9.80 Å². The van der Waals surface area contributed by atoms with Crippen LogP contribution in [-0.2, 0) is 47.7 Å². The molecule has 3 heterocycles. The van der Waals surface area contributed by atoms with E-state index in [0.29, 0.717) is 42.2 Å². The van der Waals surface area contributed by atoms with Gasteiger partial charge in [-0.05, 0) is 104 Å². The van der Waals surface area contributed by atoms with Crippen molar-refractivity contribution < 1.29 is 41.4 Å². The van der Waals surface area contributed by atoms with Crippen LogP contribution in [0.25, 0.3) is 0 Å². The van der Waals surface area contributed by atoms with Crippen molar-refractivity contribution in [3.8, 4) is 0 Å². The van der Waals surface area contributed by atoms with Gasteiger partial charge in [-0.3, -0.25) is 19.4 Å². The molecule has 3 aliphatic rings.